The van der Waals surface area contributed by atoms with E-state index in [1.165, 1.54) is 30.3 Å². The average Bonchev–Trinajstić information content (AvgIpc) is 2.54. The van der Waals surface area contributed by atoms with Gasteiger partial charge >= 0.3 is 0 Å². The van der Waals surface area contributed by atoms with Gasteiger partial charge in [-0.05, 0) is 35.9 Å². The summed E-state index contributed by atoms with van der Waals surface area (Å²) in [6, 6.07) is 17.2. The number of anilines is 3. The summed E-state index contributed by atoms with van der Waals surface area (Å²) in [6.07, 6.45) is 0. The number of rotatable bonds is 4. The van der Waals surface area contributed by atoms with Gasteiger partial charge in [0, 0.05) is 29.6 Å². The van der Waals surface area contributed by atoms with Gasteiger partial charge in [-0.3, -0.25) is 0 Å². The lowest BCUT2D eigenvalue weighted by molar-refractivity contribution is 0.282. The number of hydrogen-bond acceptors (Lipinski definition) is 4. The third-order valence-corrected chi connectivity index (χ3v) is 3.56. The van der Waals surface area contributed by atoms with Crippen LogP contribution in [0, 0.1) is 5.82 Å². The van der Waals surface area contributed by atoms with Crippen LogP contribution in [0.5, 0.6) is 11.5 Å². The van der Waals surface area contributed by atoms with Crippen LogP contribution >= 0.6 is 0 Å². The van der Waals surface area contributed by atoms with E-state index in [-0.39, 0.29) is 18.1 Å². The first kappa shape index (κ1) is 15.8. The van der Waals surface area contributed by atoms with Crippen molar-refractivity contribution in [1.29, 1.82) is 0 Å². The molecule has 0 atom stereocenters. The minimum absolute atomic E-state index is 0.107. The fourth-order valence-corrected chi connectivity index (χ4v) is 2.56. The molecule has 0 unspecified atom stereocenters. The summed E-state index contributed by atoms with van der Waals surface area (Å²) in [5, 5.41) is 28.9. The van der Waals surface area contributed by atoms with E-state index in [0.717, 1.165) is 0 Å². The second kappa shape index (κ2) is 6.60. The summed E-state index contributed by atoms with van der Waals surface area (Å²) >= 11 is 0. The van der Waals surface area contributed by atoms with Crippen LogP contribution in [0.1, 0.15) is 5.56 Å². The van der Waals surface area contributed by atoms with Crippen molar-refractivity contribution in [2.24, 2.45) is 0 Å². The number of benzene rings is 3. The Morgan fingerprint density at radius 2 is 1.38 bits per heavy atom. The van der Waals surface area contributed by atoms with Crippen LogP contribution in [0.15, 0.2) is 66.7 Å². The first-order valence-corrected chi connectivity index (χ1v) is 7.35. The number of halogens is 1. The van der Waals surface area contributed by atoms with Gasteiger partial charge in [0.05, 0.1) is 12.3 Å². The second-order valence-electron chi connectivity index (χ2n) is 5.35. The number of phenols is 2. The maximum absolute atomic E-state index is 13.7. The second-order valence-corrected chi connectivity index (χ2v) is 5.35. The van der Waals surface area contributed by atoms with Crippen molar-refractivity contribution in [3.8, 4) is 11.5 Å². The molecular formula is C19H16FNO3. The zero-order valence-electron chi connectivity index (χ0n) is 12.7. The van der Waals surface area contributed by atoms with Crippen LogP contribution in [-0.2, 0) is 6.61 Å². The Balaban J connectivity index is 2.20. The normalized spacial score (nSPS) is 10.6. The Hall–Kier alpha value is -3.05. The highest BCUT2D eigenvalue weighted by atomic mass is 19.1. The van der Waals surface area contributed by atoms with Crippen molar-refractivity contribution in [3.63, 3.8) is 0 Å². The topological polar surface area (TPSA) is 63.9 Å². The molecule has 0 aliphatic heterocycles. The van der Waals surface area contributed by atoms with Gasteiger partial charge in [0.25, 0.3) is 0 Å². The van der Waals surface area contributed by atoms with E-state index in [1.807, 2.05) is 0 Å². The lowest BCUT2D eigenvalue weighted by atomic mass is 10.1. The van der Waals surface area contributed by atoms with Crippen LogP contribution in [0.3, 0.4) is 0 Å². The minimum Gasteiger partial charge on any atom is -0.508 e. The van der Waals surface area contributed by atoms with Crippen LogP contribution < -0.4 is 4.90 Å². The molecule has 0 radical (unpaired) electrons. The highest BCUT2D eigenvalue weighted by Crippen LogP contribution is 2.38. The van der Waals surface area contributed by atoms with Gasteiger partial charge in [-0.25, -0.2) is 4.39 Å². The van der Waals surface area contributed by atoms with Crippen molar-refractivity contribution < 1.29 is 19.7 Å². The van der Waals surface area contributed by atoms with Gasteiger partial charge in [-0.15, -0.1) is 0 Å². The van der Waals surface area contributed by atoms with Gasteiger partial charge in [-0.1, -0.05) is 18.2 Å². The predicted molar refractivity (Wildman–Crippen MR) is 90.3 cm³/mol. The molecule has 0 saturated heterocycles. The molecule has 3 aromatic rings. The van der Waals surface area contributed by atoms with Crippen molar-refractivity contribution in [1.82, 2.24) is 0 Å². The number of aliphatic hydroxyl groups excluding tert-OH is 1. The molecular weight excluding hydrogens is 309 g/mol. The molecule has 0 bridgehead atoms. The quantitative estimate of drug-likeness (QED) is 0.673. The molecule has 24 heavy (non-hydrogen) atoms. The Labute approximate surface area is 138 Å². The smallest absolute Gasteiger partial charge is 0.125 e. The minimum atomic E-state index is -0.403. The Kier molecular flexibility index (Phi) is 4.35. The molecule has 0 aliphatic carbocycles. The molecule has 0 aliphatic rings. The van der Waals surface area contributed by atoms with Gasteiger partial charge in [-0.2, -0.15) is 0 Å². The van der Waals surface area contributed by atoms with E-state index in [0.29, 0.717) is 22.6 Å². The summed E-state index contributed by atoms with van der Waals surface area (Å²) in [6.45, 7) is -0.129. The van der Waals surface area contributed by atoms with E-state index < -0.39 is 5.82 Å². The Morgan fingerprint density at radius 1 is 0.750 bits per heavy atom. The number of aromatic hydroxyl groups is 2. The van der Waals surface area contributed by atoms with Gasteiger partial charge in [0.1, 0.15) is 17.3 Å². The molecule has 122 valence electrons. The highest BCUT2D eigenvalue weighted by molar-refractivity contribution is 5.78. The van der Waals surface area contributed by atoms with Gasteiger partial charge in [0.15, 0.2) is 0 Å². The molecule has 3 rings (SSSR count). The first-order valence-electron chi connectivity index (χ1n) is 7.35. The fraction of sp³-hybridized carbons (Fsp3) is 0.0526. The molecule has 0 amide bonds. The largest absolute Gasteiger partial charge is 0.508 e. The summed E-state index contributed by atoms with van der Waals surface area (Å²) in [4.78, 5) is 1.68. The first-order chi connectivity index (χ1) is 11.6. The van der Waals surface area contributed by atoms with Crippen LogP contribution in [0.2, 0.25) is 0 Å². The van der Waals surface area contributed by atoms with E-state index in [4.69, 9.17) is 0 Å². The SMILES string of the molecule is OCc1cccc(N(c2cc(O)cc(O)c2)c2cccc(F)c2)c1. The average molecular weight is 325 g/mol. The third kappa shape index (κ3) is 3.31. The predicted octanol–water partition coefficient (Wildman–Crippen LogP) is 4.20. The monoisotopic (exact) mass is 325 g/mol. The summed E-state index contributed by atoms with van der Waals surface area (Å²) in [5.41, 5.74) is 2.35. The molecule has 0 spiro atoms. The number of hydrogen-bond donors (Lipinski definition) is 3. The Morgan fingerprint density at radius 3 is 2.00 bits per heavy atom. The summed E-state index contributed by atoms with van der Waals surface area (Å²) < 4.78 is 13.7. The fourth-order valence-electron chi connectivity index (χ4n) is 2.56. The maximum atomic E-state index is 13.7. The van der Waals surface area contributed by atoms with Gasteiger partial charge in [0.2, 0.25) is 0 Å². The van der Waals surface area contributed by atoms with Gasteiger partial charge < -0.3 is 20.2 Å². The van der Waals surface area contributed by atoms with Crippen LogP contribution in [-0.4, -0.2) is 15.3 Å². The van der Waals surface area contributed by atoms with Crippen molar-refractivity contribution in [2.45, 2.75) is 6.61 Å². The standard InChI is InChI=1S/C19H16FNO3/c20-14-4-2-6-16(8-14)21(15-5-1-3-13(7-15)12-22)17-9-18(23)11-19(24)10-17/h1-11,22-24H,12H2. The molecule has 4 nitrogen and oxygen atoms in total. The summed E-state index contributed by atoms with van der Waals surface area (Å²) in [5.74, 6) is -0.616. The number of nitrogens with zero attached hydrogens (tertiary/aromatic N) is 1. The zero-order chi connectivity index (χ0) is 17.1. The molecule has 0 saturated carbocycles. The highest BCUT2D eigenvalue weighted by Gasteiger charge is 2.15. The molecule has 3 aromatic carbocycles. The van der Waals surface area contributed by atoms with Crippen molar-refractivity contribution >= 4 is 17.1 Å². The maximum Gasteiger partial charge on any atom is 0.125 e. The number of aliphatic hydroxyl groups is 1. The van der Waals surface area contributed by atoms with Crippen molar-refractivity contribution in [2.75, 3.05) is 4.90 Å². The van der Waals surface area contributed by atoms with E-state index >= 15 is 0 Å². The molecule has 0 fully saturated rings. The third-order valence-electron chi connectivity index (χ3n) is 3.56. The molecule has 5 heteroatoms. The van der Waals surface area contributed by atoms with Crippen molar-refractivity contribution in [3.05, 3.63) is 78.1 Å². The zero-order valence-corrected chi connectivity index (χ0v) is 12.7. The molecule has 3 N–H and O–H groups in total. The summed E-state index contributed by atoms with van der Waals surface area (Å²) in [7, 11) is 0. The van der Waals surface area contributed by atoms with E-state index in [2.05, 4.69) is 0 Å². The van der Waals surface area contributed by atoms with Crippen LogP contribution in [0.25, 0.3) is 0 Å². The molecule has 0 aromatic heterocycles. The number of phenolic OH excluding ortho intramolecular Hbond substituents is 2. The Bertz CT molecular complexity index is 846. The van der Waals surface area contributed by atoms with Crippen LogP contribution in [0.4, 0.5) is 21.5 Å². The van der Waals surface area contributed by atoms with E-state index in [9.17, 15) is 19.7 Å². The van der Waals surface area contributed by atoms with E-state index in [1.54, 1.807) is 41.3 Å². The lowest BCUT2D eigenvalue weighted by Crippen LogP contribution is -2.10. The molecule has 0 heterocycles. The lowest BCUT2D eigenvalue weighted by Gasteiger charge is -2.26.